The van der Waals surface area contributed by atoms with E-state index in [2.05, 4.69) is 10.1 Å². The van der Waals surface area contributed by atoms with E-state index >= 15 is 0 Å². The molecule has 0 spiro atoms. The molecule has 0 aliphatic rings. The van der Waals surface area contributed by atoms with Gasteiger partial charge in [0.15, 0.2) is 6.29 Å². The molecule has 0 bridgehead atoms. The van der Waals surface area contributed by atoms with Crippen molar-refractivity contribution in [3.63, 3.8) is 0 Å². The monoisotopic (exact) mass is 293 g/mol. The number of hydrogen-bond acceptors (Lipinski definition) is 4. The Balaban J connectivity index is 2.48. The number of rotatable bonds is 8. The zero-order valence-electron chi connectivity index (χ0n) is 11.4. The van der Waals surface area contributed by atoms with Crippen LogP contribution in [0.1, 0.15) is 13.8 Å². The number of benzene rings is 1. The van der Waals surface area contributed by atoms with Crippen LogP contribution in [-0.2, 0) is 9.47 Å². The van der Waals surface area contributed by atoms with Crippen LogP contribution in [0.15, 0.2) is 24.3 Å². The number of ether oxygens (including phenoxy) is 3. The summed E-state index contributed by atoms with van der Waals surface area (Å²) in [6.07, 6.45) is -5.07. The third-order valence-electron chi connectivity index (χ3n) is 2.27. The van der Waals surface area contributed by atoms with Gasteiger partial charge in [0.2, 0.25) is 0 Å². The van der Waals surface area contributed by atoms with E-state index in [4.69, 9.17) is 9.47 Å². The number of nitrogens with one attached hydrogen (secondary N) is 1. The Labute approximate surface area is 115 Å². The van der Waals surface area contributed by atoms with Gasteiger partial charge in [-0.3, -0.25) is 0 Å². The van der Waals surface area contributed by atoms with E-state index in [1.165, 1.54) is 24.3 Å². The largest absolute Gasteiger partial charge is 0.573 e. The van der Waals surface area contributed by atoms with Crippen LogP contribution in [0, 0.1) is 0 Å². The fourth-order valence-electron chi connectivity index (χ4n) is 1.51. The minimum atomic E-state index is -4.68. The molecule has 20 heavy (non-hydrogen) atoms. The fourth-order valence-corrected chi connectivity index (χ4v) is 1.51. The van der Waals surface area contributed by atoms with Gasteiger partial charge in [-0.25, -0.2) is 0 Å². The average Bonchev–Trinajstić information content (AvgIpc) is 2.36. The lowest BCUT2D eigenvalue weighted by molar-refractivity contribution is -0.274. The molecular formula is C13H18F3NO3. The minimum absolute atomic E-state index is 0.255. The standard InChI is InChI=1S/C13H18F3NO3/c1-3-18-12(19-4-2)9-17-10-5-7-11(8-6-10)20-13(14,15)16/h5-8,12,17H,3-4,9H2,1-2H3. The van der Waals surface area contributed by atoms with Crippen molar-refractivity contribution in [1.29, 1.82) is 0 Å². The average molecular weight is 293 g/mol. The van der Waals surface area contributed by atoms with Crippen LogP contribution in [0.4, 0.5) is 18.9 Å². The van der Waals surface area contributed by atoms with Crippen LogP contribution in [-0.4, -0.2) is 32.4 Å². The van der Waals surface area contributed by atoms with Crippen LogP contribution in [0.3, 0.4) is 0 Å². The molecule has 0 radical (unpaired) electrons. The van der Waals surface area contributed by atoms with Gasteiger partial charge in [0, 0.05) is 18.9 Å². The maximum Gasteiger partial charge on any atom is 0.573 e. The lowest BCUT2D eigenvalue weighted by Crippen LogP contribution is -2.26. The first-order chi connectivity index (χ1) is 9.44. The van der Waals surface area contributed by atoms with Gasteiger partial charge in [-0.2, -0.15) is 0 Å². The van der Waals surface area contributed by atoms with Gasteiger partial charge in [-0.05, 0) is 38.1 Å². The molecule has 0 aromatic heterocycles. The van der Waals surface area contributed by atoms with Crippen molar-refractivity contribution < 1.29 is 27.4 Å². The van der Waals surface area contributed by atoms with Gasteiger partial charge in [0.1, 0.15) is 5.75 Å². The number of alkyl halides is 3. The van der Waals surface area contributed by atoms with Gasteiger partial charge in [-0.1, -0.05) is 0 Å². The molecule has 1 rings (SSSR count). The molecule has 0 unspecified atom stereocenters. The molecule has 1 aromatic carbocycles. The normalized spacial score (nSPS) is 11.7. The van der Waals surface area contributed by atoms with Gasteiger partial charge in [0.05, 0.1) is 6.54 Å². The molecule has 0 fully saturated rings. The predicted octanol–water partition coefficient (Wildman–Crippen LogP) is 3.40. The Morgan fingerprint density at radius 2 is 1.60 bits per heavy atom. The number of halogens is 3. The summed E-state index contributed by atoms with van der Waals surface area (Å²) < 4.78 is 50.4. The molecule has 0 saturated heterocycles. The lowest BCUT2D eigenvalue weighted by atomic mass is 10.3. The zero-order valence-corrected chi connectivity index (χ0v) is 11.4. The Hall–Kier alpha value is -1.47. The van der Waals surface area contributed by atoms with Crippen molar-refractivity contribution in [2.24, 2.45) is 0 Å². The highest BCUT2D eigenvalue weighted by Crippen LogP contribution is 2.23. The molecule has 0 heterocycles. The third kappa shape index (κ3) is 6.63. The molecule has 0 amide bonds. The lowest BCUT2D eigenvalue weighted by Gasteiger charge is -2.18. The maximum absolute atomic E-state index is 12.0. The van der Waals surface area contributed by atoms with Gasteiger partial charge in [0.25, 0.3) is 0 Å². The Morgan fingerprint density at radius 3 is 2.05 bits per heavy atom. The van der Waals surface area contributed by atoms with E-state index in [1.54, 1.807) is 0 Å². The molecule has 0 saturated carbocycles. The number of anilines is 1. The van der Waals surface area contributed by atoms with E-state index in [1.807, 2.05) is 13.8 Å². The summed E-state index contributed by atoms with van der Waals surface area (Å²) in [5.74, 6) is -0.255. The smallest absolute Gasteiger partial charge is 0.406 e. The molecule has 1 aromatic rings. The topological polar surface area (TPSA) is 39.7 Å². The molecule has 0 atom stereocenters. The second kappa shape index (κ2) is 7.96. The first-order valence-electron chi connectivity index (χ1n) is 6.27. The molecule has 1 N–H and O–H groups in total. The summed E-state index contributed by atoms with van der Waals surface area (Å²) in [5.41, 5.74) is 0.656. The molecule has 0 aliphatic heterocycles. The molecule has 114 valence electrons. The maximum atomic E-state index is 12.0. The van der Waals surface area contributed by atoms with Crippen LogP contribution >= 0.6 is 0 Å². The predicted molar refractivity (Wildman–Crippen MR) is 68.7 cm³/mol. The van der Waals surface area contributed by atoms with E-state index in [0.717, 1.165) is 0 Å². The second-order valence-corrected chi connectivity index (χ2v) is 3.79. The van der Waals surface area contributed by atoms with Crippen LogP contribution in [0.5, 0.6) is 5.75 Å². The van der Waals surface area contributed by atoms with Crippen molar-refractivity contribution in [2.45, 2.75) is 26.5 Å². The highest BCUT2D eigenvalue weighted by molar-refractivity contribution is 5.46. The van der Waals surface area contributed by atoms with E-state index < -0.39 is 12.7 Å². The van der Waals surface area contributed by atoms with Crippen molar-refractivity contribution >= 4 is 5.69 Å². The van der Waals surface area contributed by atoms with Crippen molar-refractivity contribution in [1.82, 2.24) is 0 Å². The fraction of sp³-hybridized carbons (Fsp3) is 0.538. The second-order valence-electron chi connectivity index (χ2n) is 3.79. The van der Waals surface area contributed by atoms with Crippen molar-refractivity contribution in [3.8, 4) is 5.75 Å². The quantitative estimate of drug-likeness (QED) is 0.746. The van der Waals surface area contributed by atoms with Crippen molar-refractivity contribution in [2.75, 3.05) is 25.1 Å². The van der Waals surface area contributed by atoms with E-state index in [-0.39, 0.29) is 5.75 Å². The van der Waals surface area contributed by atoms with Gasteiger partial charge >= 0.3 is 6.36 Å². The first kappa shape index (κ1) is 16.6. The molecule has 7 heteroatoms. The first-order valence-corrected chi connectivity index (χ1v) is 6.27. The molecule has 4 nitrogen and oxygen atoms in total. The number of hydrogen-bond donors (Lipinski definition) is 1. The summed E-state index contributed by atoms with van der Waals surface area (Å²) in [4.78, 5) is 0. The van der Waals surface area contributed by atoms with Crippen LogP contribution in [0.25, 0.3) is 0 Å². The van der Waals surface area contributed by atoms with E-state index in [0.29, 0.717) is 25.4 Å². The molecular weight excluding hydrogens is 275 g/mol. The van der Waals surface area contributed by atoms with Crippen LogP contribution in [0.2, 0.25) is 0 Å². The summed E-state index contributed by atoms with van der Waals surface area (Å²) in [6, 6.07) is 5.48. The summed E-state index contributed by atoms with van der Waals surface area (Å²) >= 11 is 0. The van der Waals surface area contributed by atoms with Gasteiger partial charge in [-0.15, -0.1) is 13.2 Å². The zero-order chi connectivity index (χ0) is 15.0. The van der Waals surface area contributed by atoms with E-state index in [9.17, 15) is 13.2 Å². The van der Waals surface area contributed by atoms with Gasteiger partial charge < -0.3 is 19.5 Å². The van der Waals surface area contributed by atoms with Crippen molar-refractivity contribution in [3.05, 3.63) is 24.3 Å². The SMILES string of the molecule is CCOC(CNc1ccc(OC(F)(F)F)cc1)OCC. The van der Waals surface area contributed by atoms with Crippen LogP contribution < -0.4 is 10.1 Å². The highest BCUT2D eigenvalue weighted by Gasteiger charge is 2.30. The Morgan fingerprint density at radius 1 is 1.05 bits per heavy atom. The summed E-state index contributed by atoms with van der Waals surface area (Å²) in [6.45, 7) is 5.15. The summed E-state index contributed by atoms with van der Waals surface area (Å²) in [5, 5.41) is 3.02. The third-order valence-corrected chi connectivity index (χ3v) is 2.27. The Kier molecular flexibility index (Phi) is 6.60. The summed E-state index contributed by atoms with van der Waals surface area (Å²) in [7, 11) is 0. The highest BCUT2D eigenvalue weighted by atomic mass is 19.4. The molecule has 0 aliphatic carbocycles. The minimum Gasteiger partial charge on any atom is -0.406 e. The Bertz CT molecular complexity index is 375.